The molecule has 0 aliphatic carbocycles. The van der Waals surface area contributed by atoms with Gasteiger partial charge in [0.15, 0.2) is 5.76 Å². The molecule has 0 fully saturated rings. The molecule has 25 heavy (non-hydrogen) atoms. The Kier molecular flexibility index (Phi) is 4.48. The molecule has 1 aromatic heterocycles. The first-order valence-electron chi connectivity index (χ1n) is 6.94. The fourth-order valence-corrected chi connectivity index (χ4v) is 2.48. The van der Waals surface area contributed by atoms with Gasteiger partial charge in [0.05, 0.1) is 11.1 Å². The van der Waals surface area contributed by atoms with E-state index < -0.39 is 10.8 Å². The monoisotopic (exact) mass is 403 g/mol. The lowest BCUT2D eigenvalue weighted by atomic mass is 10.2. The Hall–Kier alpha value is -3.20. The van der Waals surface area contributed by atoms with Crippen LogP contribution in [0.1, 0.15) is 16.1 Å². The molecule has 8 nitrogen and oxygen atoms in total. The van der Waals surface area contributed by atoms with Crippen molar-refractivity contribution in [2.75, 3.05) is 0 Å². The van der Waals surface area contributed by atoms with Gasteiger partial charge in [-0.25, -0.2) is 5.43 Å². The Morgan fingerprint density at radius 3 is 2.84 bits per heavy atom. The van der Waals surface area contributed by atoms with E-state index in [4.69, 9.17) is 4.42 Å². The SMILES string of the molecule is O=C(NN=Cc1cc([N+](=O)[O-])ccc1O)c1cc2cc(Br)ccc2o1. The first kappa shape index (κ1) is 16.7. The second-order valence-electron chi connectivity index (χ2n) is 4.99. The highest BCUT2D eigenvalue weighted by atomic mass is 79.9. The standard InChI is InChI=1S/C16H10BrN3O5/c17-11-1-4-14-9(5-11)7-15(25-14)16(22)19-18-8-10-6-12(20(23)24)2-3-13(10)21/h1-8,21H,(H,19,22). The maximum absolute atomic E-state index is 12.0. The van der Waals surface area contributed by atoms with Gasteiger partial charge in [-0.2, -0.15) is 5.10 Å². The molecule has 0 radical (unpaired) electrons. The Morgan fingerprint density at radius 1 is 1.28 bits per heavy atom. The minimum Gasteiger partial charge on any atom is -0.507 e. The number of nitro benzene ring substituents is 1. The first-order chi connectivity index (χ1) is 11.9. The van der Waals surface area contributed by atoms with E-state index >= 15 is 0 Å². The van der Waals surface area contributed by atoms with Crippen molar-refractivity contribution in [3.63, 3.8) is 0 Å². The second kappa shape index (κ2) is 6.73. The lowest BCUT2D eigenvalue weighted by Crippen LogP contribution is -2.16. The zero-order chi connectivity index (χ0) is 18.0. The quantitative estimate of drug-likeness (QED) is 0.392. The number of phenols is 1. The van der Waals surface area contributed by atoms with Gasteiger partial charge in [0.25, 0.3) is 5.69 Å². The average molecular weight is 404 g/mol. The molecule has 0 atom stereocenters. The van der Waals surface area contributed by atoms with Crippen molar-refractivity contribution in [2.24, 2.45) is 5.10 Å². The fourth-order valence-electron chi connectivity index (χ4n) is 2.10. The van der Waals surface area contributed by atoms with E-state index in [1.165, 1.54) is 6.07 Å². The largest absolute Gasteiger partial charge is 0.507 e. The van der Waals surface area contributed by atoms with Crippen LogP contribution in [0, 0.1) is 10.1 Å². The van der Waals surface area contributed by atoms with Crippen LogP contribution in [-0.2, 0) is 0 Å². The summed E-state index contributed by atoms with van der Waals surface area (Å²) in [5, 5.41) is 24.8. The van der Waals surface area contributed by atoms with Crippen LogP contribution >= 0.6 is 15.9 Å². The molecular formula is C16H10BrN3O5. The van der Waals surface area contributed by atoms with E-state index in [1.54, 1.807) is 24.3 Å². The van der Waals surface area contributed by atoms with Crippen molar-refractivity contribution in [2.45, 2.75) is 0 Å². The van der Waals surface area contributed by atoms with Crippen molar-refractivity contribution in [3.05, 3.63) is 68.4 Å². The van der Waals surface area contributed by atoms with Crippen LogP contribution in [0.5, 0.6) is 5.75 Å². The number of halogens is 1. The summed E-state index contributed by atoms with van der Waals surface area (Å²) in [4.78, 5) is 22.2. The fraction of sp³-hybridized carbons (Fsp3) is 0. The minimum atomic E-state index is -0.595. The lowest BCUT2D eigenvalue weighted by Gasteiger charge is -1.99. The molecule has 0 spiro atoms. The topological polar surface area (TPSA) is 118 Å². The number of nitro groups is 1. The average Bonchev–Trinajstić information content (AvgIpc) is 2.99. The molecule has 0 saturated carbocycles. The molecule has 9 heteroatoms. The number of furan rings is 1. The zero-order valence-corrected chi connectivity index (χ0v) is 14.1. The smallest absolute Gasteiger partial charge is 0.307 e. The number of fused-ring (bicyclic) bond motifs is 1. The molecule has 0 bridgehead atoms. The second-order valence-corrected chi connectivity index (χ2v) is 5.91. The van der Waals surface area contributed by atoms with E-state index in [-0.39, 0.29) is 22.8 Å². The summed E-state index contributed by atoms with van der Waals surface area (Å²) in [5.74, 6) is -0.723. The Labute approximate surface area is 149 Å². The van der Waals surface area contributed by atoms with Crippen LogP contribution in [0.3, 0.4) is 0 Å². The number of nitrogens with zero attached hydrogens (tertiary/aromatic N) is 2. The normalized spacial score (nSPS) is 11.1. The summed E-state index contributed by atoms with van der Waals surface area (Å²) in [6, 6.07) is 10.4. The summed E-state index contributed by atoms with van der Waals surface area (Å²) in [6.07, 6.45) is 1.11. The molecule has 2 N–H and O–H groups in total. The van der Waals surface area contributed by atoms with Gasteiger partial charge in [-0.05, 0) is 30.3 Å². The van der Waals surface area contributed by atoms with Crippen molar-refractivity contribution >= 4 is 44.7 Å². The maximum Gasteiger partial charge on any atom is 0.307 e. The lowest BCUT2D eigenvalue weighted by molar-refractivity contribution is -0.384. The minimum absolute atomic E-state index is 0.0634. The molecule has 0 aliphatic rings. The van der Waals surface area contributed by atoms with Crippen LogP contribution in [0.4, 0.5) is 5.69 Å². The van der Waals surface area contributed by atoms with Gasteiger partial charge in [0.2, 0.25) is 0 Å². The van der Waals surface area contributed by atoms with E-state index in [0.29, 0.717) is 5.58 Å². The maximum atomic E-state index is 12.0. The van der Waals surface area contributed by atoms with Crippen molar-refractivity contribution in [1.29, 1.82) is 0 Å². The van der Waals surface area contributed by atoms with Gasteiger partial charge >= 0.3 is 5.91 Å². The van der Waals surface area contributed by atoms with Gasteiger partial charge in [-0.15, -0.1) is 0 Å². The Balaban J connectivity index is 1.76. The van der Waals surface area contributed by atoms with Gasteiger partial charge in [-0.3, -0.25) is 14.9 Å². The first-order valence-corrected chi connectivity index (χ1v) is 7.73. The van der Waals surface area contributed by atoms with E-state index in [2.05, 4.69) is 26.5 Å². The number of phenolic OH excluding ortho intramolecular Hbond substituents is 1. The van der Waals surface area contributed by atoms with Crippen LogP contribution in [-0.4, -0.2) is 22.2 Å². The van der Waals surface area contributed by atoms with Crippen LogP contribution in [0.15, 0.2) is 56.5 Å². The summed E-state index contributed by atoms with van der Waals surface area (Å²) >= 11 is 3.33. The van der Waals surface area contributed by atoms with Gasteiger partial charge < -0.3 is 9.52 Å². The zero-order valence-electron chi connectivity index (χ0n) is 12.5. The highest BCUT2D eigenvalue weighted by Gasteiger charge is 2.12. The number of rotatable bonds is 4. The number of hydrogen-bond acceptors (Lipinski definition) is 6. The number of benzene rings is 2. The van der Waals surface area contributed by atoms with Gasteiger partial charge in [-0.1, -0.05) is 15.9 Å². The molecule has 3 aromatic rings. The molecule has 3 rings (SSSR count). The van der Waals surface area contributed by atoms with Crippen molar-refractivity contribution < 1.29 is 19.2 Å². The predicted octanol–water partition coefficient (Wildman–Crippen LogP) is 3.57. The number of carbonyl (C=O) groups excluding carboxylic acids is 1. The summed E-state index contributed by atoms with van der Waals surface area (Å²) < 4.78 is 6.27. The number of carbonyl (C=O) groups is 1. The van der Waals surface area contributed by atoms with Gasteiger partial charge in [0.1, 0.15) is 11.3 Å². The number of hydrogen-bond donors (Lipinski definition) is 2. The summed E-state index contributed by atoms with van der Waals surface area (Å²) in [7, 11) is 0. The molecule has 0 saturated heterocycles. The highest BCUT2D eigenvalue weighted by Crippen LogP contribution is 2.23. The predicted molar refractivity (Wildman–Crippen MR) is 93.7 cm³/mol. The number of hydrazone groups is 1. The third-order valence-electron chi connectivity index (χ3n) is 3.29. The number of non-ortho nitro benzene ring substituents is 1. The molecule has 126 valence electrons. The molecule has 0 aliphatic heterocycles. The molecule has 0 unspecified atom stereocenters. The van der Waals surface area contributed by atoms with E-state index in [9.17, 15) is 20.0 Å². The summed E-state index contributed by atoms with van der Waals surface area (Å²) in [5.41, 5.74) is 2.69. The number of amides is 1. The molecule has 2 aromatic carbocycles. The van der Waals surface area contributed by atoms with E-state index in [1.807, 2.05) is 0 Å². The Bertz CT molecular complexity index is 1010. The van der Waals surface area contributed by atoms with Crippen LogP contribution in [0.2, 0.25) is 0 Å². The third kappa shape index (κ3) is 3.66. The van der Waals surface area contributed by atoms with Gasteiger partial charge in [0, 0.05) is 27.6 Å². The van der Waals surface area contributed by atoms with E-state index in [0.717, 1.165) is 28.2 Å². The summed E-state index contributed by atoms with van der Waals surface area (Å²) in [6.45, 7) is 0. The third-order valence-corrected chi connectivity index (χ3v) is 3.79. The van der Waals surface area contributed by atoms with Crippen LogP contribution < -0.4 is 5.43 Å². The van der Waals surface area contributed by atoms with Crippen molar-refractivity contribution in [3.8, 4) is 5.75 Å². The number of nitrogens with one attached hydrogen (secondary N) is 1. The molecule has 1 amide bonds. The molecular weight excluding hydrogens is 394 g/mol. The number of aromatic hydroxyl groups is 1. The highest BCUT2D eigenvalue weighted by molar-refractivity contribution is 9.10. The van der Waals surface area contributed by atoms with Crippen LogP contribution in [0.25, 0.3) is 11.0 Å². The Morgan fingerprint density at radius 2 is 2.08 bits per heavy atom. The molecule has 1 heterocycles. The van der Waals surface area contributed by atoms with Crippen molar-refractivity contribution in [1.82, 2.24) is 5.43 Å².